The molecule has 0 radical (unpaired) electrons. The van der Waals surface area contributed by atoms with E-state index in [1.165, 1.54) is 11.9 Å². The molecule has 13 heteroatoms. The molecule has 186 valence electrons. The fourth-order valence-electron chi connectivity index (χ4n) is 4.76. The molecule has 3 aromatic rings. The van der Waals surface area contributed by atoms with Crippen LogP contribution in [0.25, 0.3) is 11.4 Å². The number of nitrogens with one attached hydrogen (secondary N) is 3. The van der Waals surface area contributed by atoms with Crippen LogP contribution in [0, 0.1) is 5.92 Å². The highest BCUT2D eigenvalue weighted by Gasteiger charge is 2.30. The Bertz CT molecular complexity index is 1230. The number of rotatable bonds is 8. The normalized spacial score (nSPS) is 19.3. The number of pyridine rings is 1. The van der Waals surface area contributed by atoms with E-state index in [1.807, 2.05) is 30.5 Å². The molecule has 2 aliphatic rings. The molecular formula is C22H29N9O2S2. The van der Waals surface area contributed by atoms with Gasteiger partial charge in [0, 0.05) is 48.1 Å². The number of hydrogen-bond donors (Lipinski definition) is 4. The van der Waals surface area contributed by atoms with Crippen molar-refractivity contribution < 1.29 is 8.42 Å². The van der Waals surface area contributed by atoms with Gasteiger partial charge in [0.25, 0.3) is 0 Å². The van der Waals surface area contributed by atoms with Crippen molar-refractivity contribution in [3.8, 4) is 11.4 Å². The minimum atomic E-state index is -4.08. The first-order chi connectivity index (χ1) is 17.0. The zero-order valence-electron chi connectivity index (χ0n) is 19.2. The third-order valence-electron chi connectivity index (χ3n) is 6.53. The molecule has 4 heterocycles. The predicted molar refractivity (Wildman–Crippen MR) is 134 cm³/mol. The molecule has 0 unspecified atom stereocenters. The van der Waals surface area contributed by atoms with Crippen molar-refractivity contribution in [2.75, 3.05) is 31.1 Å². The SMILES string of the molecule is NS(=O)(=O)c1c(SN[C@@H]2CCNC2)ccc(N2CCC(Cc3ccccn3)CC2)c1-c1nn[nH]n1. The molecule has 1 atom stereocenters. The number of nitrogens with two attached hydrogens (primary N) is 1. The number of aromatic nitrogens is 5. The Morgan fingerprint density at radius 2 is 2.03 bits per heavy atom. The van der Waals surface area contributed by atoms with Crippen molar-refractivity contribution in [1.29, 1.82) is 0 Å². The van der Waals surface area contributed by atoms with Gasteiger partial charge in [0.05, 0.1) is 5.56 Å². The maximum absolute atomic E-state index is 12.9. The van der Waals surface area contributed by atoms with E-state index in [4.69, 9.17) is 5.14 Å². The number of nitrogens with zero attached hydrogens (tertiary/aromatic N) is 5. The molecule has 2 fully saturated rings. The average Bonchev–Trinajstić information content (AvgIpc) is 3.57. The van der Waals surface area contributed by atoms with Gasteiger partial charge in [-0.3, -0.25) is 9.71 Å². The minimum Gasteiger partial charge on any atom is -0.371 e. The summed E-state index contributed by atoms with van der Waals surface area (Å²) in [6, 6.07) is 10.0. The van der Waals surface area contributed by atoms with E-state index in [-0.39, 0.29) is 16.8 Å². The summed E-state index contributed by atoms with van der Waals surface area (Å²) in [5, 5.41) is 23.4. The first-order valence-corrected chi connectivity index (χ1v) is 14.1. The second kappa shape index (κ2) is 10.6. The number of benzene rings is 1. The van der Waals surface area contributed by atoms with Gasteiger partial charge in [-0.1, -0.05) is 6.07 Å². The molecule has 2 aromatic heterocycles. The van der Waals surface area contributed by atoms with Gasteiger partial charge in [-0.2, -0.15) is 5.21 Å². The minimum absolute atomic E-state index is 0.0236. The summed E-state index contributed by atoms with van der Waals surface area (Å²) in [6.45, 7) is 3.33. The van der Waals surface area contributed by atoms with Crippen LogP contribution in [0.3, 0.4) is 0 Å². The predicted octanol–water partition coefficient (Wildman–Crippen LogP) is 1.33. The summed E-state index contributed by atoms with van der Waals surface area (Å²) in [5.41, 5.74) is 2.24. The molecule has 0 saturated carbocycles. The monoisotopic (exact) mass is 515 g/mol. The Balaban J connectivity index is 1.43. The number of H-pyrrole nitrogens is 1. The Morgan fingerprint density at radius 3 is 2.69 bits per heavy atom. The van der Waals surface area contributed by atoms with Crippen LogP contribution in [-0.2, 0) is 16.4 Å². The van der Waals surface area contributed by atoms with Gasteiger partial charge in [0.1, 0.15) is 4.90 Å². The molecule has 1 aromatic carbocycles. The molecule has 11 nitrogen and oxygen atoms in total. The maximum atomic E-state index is 12.9. The quantitative estimate of drug-likeness (QED) is 0.323. The Morgan fingerprint density at radius 1 is 1.17 bits per heavy atom. The van der Waals surface area contributed by atoms with E-state index in [0.717, 1.165) is 63.2 Å². The summed E-state index contributed by atoms with van der Waals surface area (Å²) < 4.78 is 29.1. The first kappa shape index (κ1) is 24.1. The van der Waals surface area contributed by atoms with Crippen LogP contribution >= 0.6 is 11.9 Å². The lowest BCUT2D eigenvalue weighted by atomic mass is 9.91. The van der Waals surface area contributed by atoms with Gasteiger partial charge in [0.15, 0.2) is 0 Å². The molecule has 5 rings (SSSR count). The summed E-state index contributed by atoms with van der Waals surface area (Å²) in [7, 11) is -4.08. The molecule has 0 spiro atoms. The van der Waals surface area contributed by atoms with E-state index in [9.17, 15) is 8.42 Å². The summed E-state index contributed by atoms with van der Waals surface area (Å²) >= 11 is 1.28. The Labute approximate surface area is 208 Å². The van der Waals surface area contributed by atoms with E-state index in [0.29, 0.717) is 16.4 Å². The molecule has 2 aliphatic heterocycles. The zero-order chi connectivity index (χ0) is 24.3. The van der Waals surface area contributed by atoms with Crippen LogP contribution in [0.5, 0.6) is 0 Å². The Hall–Kier alpha value is -2.58. The highest BCUT2D eigenvalue weighted by Crippen LogP contribution is 2.41. The van der Waals surface area contributed by atoms with Crippen LogP contribution in [0.2, 0.25) is 0 Å². The fraction of sp³-hybridized carbons (Fsp3) is 0.455. The van der Waals surface area contributed by atoms with Crippen LogP contribution in [0.1, 0.15) is 25.0 Å². The van der Waals surface area contributed by atoms with Crippen molar-refractivity contribution in [3.63, 3.8) is 0 Å². The topological polar surface area (TPSA) is 155 Å². The number of anilines is 1. The third kappa shape index (κ3) is 5.64. The first-order valence-electron chi connectivity index (χ1n) is 11.7. The Kier molecular flexibility index (Phi) is 7.29. The summed E-state index contributed by atoms with van der Waals surface area (Å²) in [4.78, 5) is 7.20. The van der Waals surface area contributed by atoms with Crippen molar-refractivity contribution in [2.24, 2.45) is 11.1 Å². The van der Waals surface area contributed by atoms with Gasteiger partial charge < -0.3 is 10.2 Å². The standard InChI is InChI=1S/C22H29N9O2S2/c23-35(32,33)21-19(34-28-17-6-10-24-14-17)5-4-18(20(21)22-26-29-30-27-22)31-11-7-15(8-12-31)13-16-3-1-2-9-25-16/h1-5,9,15,17,24,28H,6-8,10-14H2,(H2,23,32,33)(H,26,27,29,30)/t17-/m1/s1. The summed E-state index contributed by atoms with van der Waals surface area (Å²) in [5.74, 6) is 0.733. The van der Waals surface area contributed by atoms with Gasteiger partial charge in [-0.05, 0) is 79.6 Å². The van der Waals surface area contributed by atoms with Crippen molar-refractivity contribution in [2.45, 2.75) is 41.5 Å². The number of aromatic amines is 1. The van der Waals surface area contributed by atoms with Crippen molar-refractivity contribution >= 4 is 27.7 Å². The molecular weight excluding hydrogens is 486 g/mol. The molecule has 0 aliphatic carbocycles. The fourth-order valence-corrected chi connectivity index (χ4v) is 6.89. The highest BCUT2D eigenvalue weighted by molar-refractivity contribution is 7.98. The highest BCUT2D eigenvalue weighted by atomic mass is 32.2. The number of tetrazole rings is 1. The lowest BCUT2D eigenvalue weighted by Gasteiger charge is -2.35. The van der Waals surface area contributed by atoms with E-state index in [2.05, 4.69) is 46.6 Å². The van der Waals surface area contributed by atoms with Gasteiger partial charge in [-0.15, -0.1) is 10.2 Å². The van der Waals surface area contributed by atoms with Gasteiger partial charge in [-0.25, -0.2) is 13.6 Å². The van der Waals surface area contributed by atoms with E-state index >= 15 is 0 Å². The van der Waals surface area contributed by atoms with Crippen LogP contribution in [0.15, 0.2) is 46.3 Å². The maximum Gasteiger partial charge on any atom is 0.240 e. The van der Waals surface area contributed by atoms with Crippen molar-refractivity contribution in [1.82, 2.24) is 35.6 Å². The molecule has 5 N–H and O–H groups in total. The number of sulfonamides is 1. The van der Waals surface area contributed by atoms with Crippen LogP contribution in [-0.4, -0.2) is 66.2 Å². The van der Waals surface area contributed by atoms with E-state index in [1.54, 1.807) is 0 Å². The van der Waals surface area contributed by atoms with E-state index < -0.39 is 10.0 Å². The molecule has 0 amide bonds. The van der Waals surface area contributed by atoms with Gasteiger partial charge in [0.2, 0.25) is 15.8 Å². The second-order valence-electron chi connectivity index (χ2n) is 8.93. The second-order valence-corrected chi connectivity index (χ2v) is 11.3. The summed E-state index contributed by atoms with van der Waals surface area (Å²) in [6.07, 6.45) is 5.68. The van der Waals surface area contributed by atoms with Crippen LogP contribution in [0.4, 0.5) is 5.69 Å². The number of primary sulfonamides is 1. The van der Waals surface area contributed by atoms with Crippen LogP contribution < -0.4 is 20.1 Å². The largest absolute Gasteiger partial charge is 0.371 e. The lowest BCUT2D eigenvalue weighted by molar-refractivity contribution is 0.400. The third-order valence-corrected chi connectivity index (χ3v) is 8.66. The molecule has 0 bridgehead atoms. The lowest BCUT2D eigenvalue weighted by Crippen LogP contribution is -2.35. The molecule has 2 saturated heterocycles. The van der Waals surface area contributed by atoms with Crippen molar-refractivity contribution in [3.05, 3.63) is 42.2 Å². The van der Waals surface area contributed by atoms with Gasteiger partial charge >= 0.3 is 0 Å². The smallest absolute Gasteiger partial charge is 0.240 e. The number of hydrogen-bond acceptors (Lipinski definition) is 10. The number of piperidine rings is 1. The zero-order valence-corrected chi connectivity index (χ0v) is 20.9. The average molecular weight is 516 g/mol. The molecule has 35 heavy (non-hydrogen) atoms.